The molecule has 1 aromatic heterocycles. The molecule has 0 spiro atoms. The minimum atomic E-state index is -3.39. The molecule has 1 rings (SSSR count). The molecule has 5 nitrogen and oxygen atoms in total. The molecular weight excluding hydrogens is 306 g/mol. The predicted octanol–water partition coefficient (Wildman–Crippen LogP) is 1.87. The summed E-state index contributed by atoms with van der Waals surface area (Å²) in [5, 5.41) is 5.00. The highest BCUT2D eigenvalue weighted by atomic mass is 32.2. The van der Waals surface area contributed by atoms with E-state index in [1.54, 1.807) is 6.07 Å². The summed E-state index contributed by atoms with van der Waals surface area (Å²) in [7, 11) is -3.39. The number of thiophene rings is 1. The molecule has 122 valence electrons. The van der Waals surface area contributed by atoms with E-state index >= 15 is 0 Å². The molecule has 0 saturated heterocycles. The number of hydrogen-bond donors (Lipinski definition) is 2. The summed E-state index contributed by atoms with van der Waals surface area (Å²) >= 11 is 1.48. The van der Waals surface area contributed by atoms with Crippen LogP contribution in [0.1, 0.15) is 32.1 Å². The molecule has 0 aliphatic heterocycles. The Balaban J connectivity index is 2.52. The van der Waals surface area contributed by atoms with Crippen LogP contribution in [0.25, 0.3) is 0 Å². The van der Waals surface area contributed by atoms with Gasteiger partial charge in [-0.05, 0) is 44.0 Å². The Morgan fingerprint density at radius 2 is 1.95 bits per heavy atom. The van der Waals surface area contributed by atoms with Crippen LogP contribution >= 0.6 is 11.3 Å². The lowest BCUT2D eigenvalue weighted by atomic mass is 10.4. The molecule has 0 bridgehead atoms. The van der Waals surface area contributed by atoms with E-state index in [0.717, 1.165) is 37.5 Å². The lowest BCUT2D eigenvalue weighted by molar-refractivity contribution is 0.300. The standard InChI is InChI=1S/C14H27N3O2S2/c1-4-15-12-13-14(8-11-20-13)21(18,19)16-9-7-10-17(5-2)6-3/h8,11,15-16H,4-7,9-10,12H2,1-3H3. The molecule has 0 aromatic carbocycles. The van der Waals surface area contributed by atoms with Crippen molar-refractivity contribution in [3.8, 4) is 0 Å². The van der Waals surface area contributed by atoms with E-state index in [9.17, 15) is 8.42 Å². The average Bonchev–Trinajstić information content (AvgIpc) is 2.94. The van der Waals surface area contributed by atoms with Gasteiger partial charge in [-0.1, -0.05) is 20.8 Å². The Morgan fingerprint density at radius 1 is 1.24 bits per heavy atom. The molecule has 0 saturated carbocycles. The van der Waals surface area contributed by atoms with Crippen molar-refractivity contribution in [3.05, 3.63) is 16.3 Å². The van der Waals surface area contributed by atoms with Crippen molar-refractivity contribution in [2.45, 2.75) is 38.6 Å². The zero-order valence-electron chi connectivity index (χ0n) is 13.2. The Bertz CT molecular complexity index is 496. The monoisotopic (exact) mass is 333 g/mol. The van der Waals surface area contributed by atoms with Crippen molar-refractivity contribution in [1.29, 1.82) is 0 Å². The highest BCUT2D eigenvalue weighted by Crippen LogP contribution is 2.21. The van der Waals surface area contributed by atoms with Crippen molar-refractivity contribution in [2.75, 3.05) is 32.7 Å². The topological polar surface area (TPSA) is 61.4 Å². The van der Waals surface area contributed by atoms with Crippen LogP contribution in [0.15, 0.2) is 16.3 Å². The number of nitrogens with zero attached hydrogens (tertiary/aromatic N) is 1. The number of rotatable bonds is 11. The quantitative estimate of drug-likeness (QED) is 0.607. The first-order valence-electron chi connectivity index (χ1n) is 7.54. The summed E-state index contributed by atoms with van der Waals surface area (Å²) in [6.45, 7) is 11.1. The summed E-state index contributed by atoms with van der Waals surface area (Å²) in [6.07, 6.45) is 0.827. The smallest absolute Gasteiger partial charge is 0.241 e. The molecule has 0 unspecified atom stereocenters. The third-order valence-corrected chi connectivity index (χ3v) is 5.96. The Hall–Kier alpha value is -0.470. The fourth-order valence-corrected chi connectivity index (χ4v) is 4.55. The Kier molecular flexibility index (Phi) is 8.43. The minimum absolute atomic E-state index is 0.413. The maximum Gasteiger partial charge on any atom is 0.241 e. The van der Waals surface area contributed by atoms with Crippen LogP contribution in [0.5, 0.6) is 0 Å². The molecule has 0 aliphatic carbocycles. The van der Waals surface area contributed by atoms with E-state index in [0.29, 0.717) is 18.0 Å². The Morgan fingerprint density at radius 3 is 2.57 bits per heavy atom. The second-order valence-electron chi connectivity index (χ2n) is 4.77. The summed E-state index contributed by atoms with van der Waals surface area (Å²) in [4.78, 5) is 3.57. The van der Waals surface area contributed by atoms with Crippen molar-refractivity contribution < 1.29 is 8.42 Å². The highest BCUT2D eigenvalue weighted by molar-refractivity contribution is 7.89. The average molecular weight is 334 g/mol. The fraction of sp³-hybridized carbons (Fsp3) is 0.714. The van der Waals surface area contributed by atoms with Crippen molar-refractivity contribution in [2.24, 2.45) is 0 Å². The molecule has 0 aliphatic rings. The van der Waals surface area contributed by atoms with Crippen molar-refractivity contribution in [1.82, 2.24) is 14.9 Å². The molecular formula is C14H27N3O2S2. The maximum absolute atomic E-state index is 12.3. The molecule has 2 N–H and O–H groups in total. The van der Waals surface area contributed by atoms with Gasteiger partial charge in [0.05, 0.1) is 4.90 Å². The Labute approximate surface area is 132 Å². The summed E-state index contributed by atoms with van der Waals surface area (Å²) in [5.41, 5.74) is 0. The highest BCUT2D eigenvalue weighted by Gasteiger charge is 2.18. The lowest BCUT2D eigenvalue weighted by Gasteiger charge is -2.17. The summed E-state index contributed by atoms with van der Waals surface area (Å²) in [6, 6.07) is 1.68. The summed E-state index contributed by atoms with van der Waals surface area (Å²) < 4.78 is 27.3. The maximum atomic E-state index is 12.3. The predicted molar refractivity (Wildman–Crippen MR) is 89.3 cm³/mol. The molecule has 0 amide bonds. The first-order chi connectivity index (χ1) is 10.0. The van der Waals surface area contributed by atoms with E-state index in [2.05, 4.69) is 28.8 Å². The first kappa shape index (κ1) is 18.6. The van der Waals surface area contributed by atoms with Crippen LogP contribution in [0.2, 0.25) is 0 Å². The van der Waals surface area contributed by atoms with Crippen LogP contribution in [0.4, 0.5) is 0 Å². The minimum Gasteiger partial charge on any atom is -0.312 e. The largest absolute Gasteiger partial charge is 0.312 e. The van der Waals surface area contributed by atoms with Gasteiger partial charge in [0.1, 0.15) is 0 Å². The van der Waals surface area contributed by atoms with Gasteiger partial charge < -0.3 is 10.2 Å². The van der Waals surface area contributed by atoms with E-state index < -0.39 is 10.0 Å². The van der Waals surface area contributed by atoms with Gasteiger partial charge in [0.25, 0.3) is 0 Å². The van der Waals surface area contributed by atoms with Crippen LogP contribution < -0.4 is 10.0 Å². The second kappa shape index (κ2) is 9.53. The second-order valence-corrected chi connectivity index (χ2v) is 7.50. The lowest BCUT2D eigenvalue weighted by Crippen LogP contribution is -2.30. The molecule has 1 heterocycles. The van der Waals surface area contributed by atoms with E-state index in [-0.39, 0.29) is 0 Å². The molecule has 0 radical (unpaired) electrons. The van der Waals surface area contributed by atoms with E-state index in [4.69, 9.17) is 0 Å². The van der Waals surface area contributed by atoms with Crippen LogP contribution in [0.3, 0.4) is 0 Å². The number of nitrogens with one attached hydrogen (secondary N) is 2. The SMILES string of the molecule is CCNCc1sccc1S(=O)(=O)NCCCN(CC)CC. The van der Waals surface area contributed by atoms with Gasteiger partial charge >= 0.3 is 0 Å². The van der Waals surface area contributed by atoms with Crippen LogP contribution in [-0.2, 0) is 16.6 Å². The third kappa shape index (κ3) is 6.04. The molecule has 0 fully saturated rings. The molecule has 21 heavy (non-hydrogen) atoms. The molecule has 1 aromatic rings. The van der Waals surface area contributed by atoms with Gasteiger partial charge in [-0.3, -0.25) is 0 Å². The normalized spacial score (nSPS) is 12.2. The number of hydrogen-bond acceptors (Lipinski definition) is 5. The van der Waals surface area contributed by atoms with E-state index in [1.807, 2.05) is 12.3 Å². The van der Waals surface area contributed by atoms with Gasteiger partial charge in [0.15, 0.2) is 0 Å². The van der Waals surface area contributed by atoms with Crippen molar-refractivity contribution in [3.63, 3.8) is 0 Å². The third-order valence-electron chi connectivity index (χ3n) is 3.37. The molecule has 7 heteroatoms. The summed E-state index contributed by atoms with van der Waals surface area (Å²) in [5.74, 6) is 0. The van der Waals surface area contributed by atoms with Gasteiger partial charge in [0, 0.05) is 18.0 Å². The zero-order valence-corrected chi connectivity index (χ0v) is 14.8. The molecule has 0 atom stereocenters. The zero-order chi connectivity index (χ0) is 15.7. The van der Waals surface area contributed by atoms with E-state index in [1.165, 1.54) is 11.3 Å². The van der Waals surface area contributed by atoms with Gasteiger partial charge in [0.2, 0.25) is 10.0 Å². The fourth-order valence-electron chi connectivity index (χ4n) is 2.06. The van der Waals surface area contributed by atoms with Gasteiger partial charge in [-0.25, -0.2) is 13.1 Å². The number of sulfonamides is 1. The van der Waals surface area contributed by atoms with Crippen molar-refractivity contribution >= 4 is 21.4 Å². The van der Waals surface area contributed by atoms with Crippen LogP contribution in [-0.4, -0.2) is 46.0 Å². The van der Waals surface area contributed by atoms with Crippen LogP contribution in [0, 0.1) is 0 Å². The first-order valence-corrected chi connectivity index (χ1v) is 9.90. The van der Waals surface area contributed by atoms with Gasteiger partial charge in [-0.15, -0.1) is 11.3 Å². The van der Waals surface area contributed by atoms with Gasteiger partial charge in [-0.2, -0.15) is 0 Å².